The fraction of sp³-hybridized carbons (Fsp3) is 0.235. The summed E-state index contributed by atoms with van der Waals surface area (Å²) in [4.78, 5) is 17.5. The van der Waals surface area contributed by atoms with E-state index in [1.807, 2.05) is 56.3 Å². The summed E-state index contributed by atoms with van der Waals surface area (Å²) >= 11 is 0. The van der Waals surface area contributed by atoms with Crippen LogP contribution < -0.4 is 15.2 Å². The first kappa shape index (κ1) is 13.5. The number of nitrogens with zero attached hydrogens (tertiary/aromatic N) is 1. The number of anilines is 1. The molecule has 0 fully saturated rings. The maximum absolute atomic E-state index is 12.5. The molecule has 4 heteroatoms. The van der Waals surface area contributed by atoms with Crippen LogP contribution in [0.5, 0.6) is 5.75 Å². The number of benzene rings is 2. The van der Waals surface area contributed by atoms with Crippen LogP contribution in [0.4, 0.5) is 5.69 Å². The van der Waals surface area contributed by atoms with Gasteiger partial charge in [0.1, 0.15) is 5.75 Å². The molecule has 0 saturated carbocycles. The maximum atomic E-state index is 12.5. The molecule has 0 amide bonds. The Balaban J connectivity index is 2.57. The van der Waals surface area contributed by atoms with Crippen molar-refractivity contribution in [1.82, 2.24) is 4.98 Å². The Morgan fingerprint density at radius 2 is 1.90 bits per heavy atom. The van der Waals surface area contributed by atoms with Crippen LogP contribution in [0.15, 0.2) is 35.1 Å². The summed E-state index contributed by atoms with van der Waals surface area (Å²) in [7, 11) is 5.53. The molecule has 0 aliphatic rings. The summed E-state index contributed by atoms with van der Waals surface area (Å²) < 4.78 is 5.36. The first-order chi connectivity index (χ1) is 10.0. The van der Waals surface area contributed by atoms with Crippen LogP contribution in [0.1, 0.15) is 5.56 Å². The predicted octanol–water partition coefficient (Wildman–Crippen LogP) is 3.06. The normalized spacial score (nSPS) is 11.0. The van der Waals surface area contributed by atoms with Gasteiger partial charge in [-0.25, -0.2) is 0 Å². The molecule has 21 heavy (non-hydrogen) atoms. The molecule has 0 unspecified atom stereocenters. The maximum Gasteiger partial charge on any atom is 0.258 e. The Kier molecular flexibility index (Phi) is 3.09. The molecule has 0 bridgehead atoms. The van der Waals surface area contributed by atoms with Crippen molar-refractivity contribution < 1.29 is 4.74 Å². The van der Waals surface area contributed by atoms with Crippen LogP contribution in [0.3, 0.4) is 0 Å². The minimum Gasteiger partial charge on any atom is -0.497 e. The molecule has 1 aromatic heterocycles. The van der Waals surface area contributed by atoms with Crippen LogP contribution in [0.2, 0.25) is 0 Å². The van der Waals surface area contributed by atoms with Crippen LogP contribution in [-0.2, 0) is 0 Å². The molecule has 1 N–H and O–H groups in total. The van der Waals surface area contributed by atoms with E-state index in [0.717, 1.165) is 33.3 Å². The number of H-pyrrole nitrogens is 1. The summed E-state index contributed by atoms with van der Waals surface area (Å²) in [5, 5.41) is 2.66. The average Bonchev–Trinajstić information content (AvgIpc) is 2.47. The van der Waals surface area contributed by atoms with Gasteiger partial charge in [-0.05, 0) is 36.1 Å². The molecule has 0 radical (unpaired) electrons. The Labute approximate surface area is 123 Å². The molecule has 0 atom stereocenters. The van der Waals surface area contributed by atoms with Crippen molar-refractivity contribution in [1.29, 1.82) is 0 Å². The predicted molar refractivity (Wildman–Crippen MR) is 87.7 cm³/mol. The van der Waals surface area contributed by atoms with E-state index in [4.69, 9.17) is 4.74 Å². The quantitative estimate of drug-likeness (QED) is 0.735. The fourth-order valence-corrected chi connectivity index (χ4v) is 2.80. The standard InChI is InChI=1S/C17H18N2O2/c1-10-8-11(21-4)9-13-12-6-5-7-14(19(2)3)15(12)17(20)18-16(10)13/h5-9H,1-4H3,(H,18,20). The molecule has 108 valence electrons. The zero-order valence-electron chi connectivity index (χ0n) is 12.7. The zero-order chi connectivity index (χ0) is 15.1. The molecule has 0 saturated heterocycles. The number of hydrogen-bond acceptors (Lipinski definition) is 3. The second-order valence-corrected chi connectivity index (χ2v) is 5.42. The number of hydrogen-bond donors (Lipinski definition) is 1. The molecule has 3 aromatic rings. The van der Waals surface area contributed by atoms with Gasteiger partial charge in [-0.15, -0.1) is 0 Å². The summed E-state index contributed by atoms with van der Waals surface area (Å²) in [6.45, 7) is 1.97. The molecule has 0 aliphatic carbocycles. The van der Waals surface area contributed by atoms with E-state index < -0.39 is 0 Å². The number of aryl methyl sites for hydroxylation is 1. The molecular formula is C17H18N2O2. The summed E-state index contributed by atoms with van der Waals surface area (Å²) in [6, 6.07) is 9.82. The van der Waals surface area contributed by atoms with Gasteiger partial charge < -0.3 is 14.6 Å². The lowest BCUT2D eigenvalue weighted by molar-refractivity contribution is 0.415. The molecule has 3 rings (SSSR count). The number of rotatable bonds is 2. The third kappa shape index (κ3) is 2.03. The largest absolute Gasteiger partial charge is 0.497 e. The van der Waals surface area contributed by atoms with Gasteiger partial charge in [0.15, 0.2) is 0 Å². The smallest absolute Gasteiger partial charge is 0.258 e. The van der Waals surface area contributed by atoms with Gasteiger partial charge in [-0.2, -0.15) is 0 Å². The van der Waals surface area contributed by atoms with Crippen molar-refractivity contribution in [3.63, 3.8) is 0 Å². The average molecular weight is 282 g/mol. The second-order valence-electron chi connectivity index (χ2n) is 5.42. The first-order valence-electron chi connectivity index (χ1n) is 6.83. The highest BCUT2D eigenvalue weighted by Gasteiger charge is 2.12. The topological polar surface area (TPSA) is 45.3 Å². The minimum absolute atomic E-state index is 0.0601. The van der Waals surface area contributed by atoms with Crippen molar-refractivity contribution in [2.24, 2.45) is 0 Å². The van der Waals surface area contributed by atoms with Gasteiger partial charge >= 0.3 is 0 Å². The molecular weight excluding hydrogens is 264 g/mol. The van der Waals surface area contributed by atoms with Crippen molar-refractivity contribution in [2.75, 3.05) is 26.1 Å². The van der Waals surface area contributed by atoms with Crippen molar-refractivity contribution in [3.05, 3.63) is 46.2 Å². The van der Waals surface area contributed by atoms with Gasteiger partial charge in [0.25, 0.3) is 5.56 Å². The Morgan fingerprint density at radius 3 is 2.57 bits per heavy atom. The van der Waals surface area contributed by atoms with Gasteiger partial charge in [-0.1, -0.05) is 12.1 Å². The summed E-state index contributed by atoms with van der Waals surface area (Å²) in [6.07, 6.45) is 0. The van der Waals surface area contributed by atoms with Gasteiger partial charge in [0.2, 0.25) is 0 Å². The molecule has 1 heterocycles. The van der Waals surface area contributed by atoms with Crippen LogP contribution in [0.25, 0.3) is 21.7 Å². The van der Waals surface area contributed by atoms with E-state index >= 15 is 0 Å². The number of aromatic nitrogens is 1. The Hall–Kier alpha value is -2.49. The summed E-state index contributed by atoms with van der Waals surface area (Å²) in [5.74, 6) is 0.795. The van der Waals surface area contributed by atoms with Crippen LogP contribution in [0, 0.1) is 6.92 Å². The number of aromatic amines is 1. The molecule has 0 spiro atoms. The minimum atomic E-state index is -0.0601. The monoisotopic (exact) mass is 282 g/mol. The highest BCUT2D eigenvalue weighted by atomic mass is 16.5. The molecule has 0 aliphatic heterocycles. The second kappa shape index (κ2) is 4.81. The zero-order valence-corrected chi connectivity index (χ0v) is 12.7. The third-order valence-electron chi connectivity index (χ3n) is 3.82. The lowest BCUT2D eigenvalue weighted by Gasteiger charge is -2.16. The van der Waals surface area contributed by atoms with E-state index in [9.17, 15) is 4.79 Å². The SMILES string of the molecule is COc1cc(C)c2[nH]c(=O)c3c(N(C)C)cccc3c2c1. The van der Waals surface area contributed by atoms with E-state index in [2.05, 4.69) is 4.98 Å². The number of pyridine rings is 1. The third-order valence-corrected chi connectivity index (χ3v) is 3.82. The van der Waals surface area contributed by atoms with Crippen molar-refractivity contribution in [3.8, 4) is 5.75 Å². The van der Waals surface area contributed by atoms with Crippen molar-refractivity contribution >= 4 is 27.4 Å². The number of fused-ring (bicyclic) bond motifs is 3. The van der Waals surface area contributed by atoms with E-state index in [1.54, 1.807) is 7.11 Å². The fourth-order valence-electron chi connectivity index (χ4n) is 2.80. The van der Waals surface area contributed by atoms with Gasteiger partial charge in [-0.3, -0.25) is 4.79 Å². The Bertz CT molecular complexity index is 895. The summed E-state index contributed by atoms with van der Waals surface area (Å²) in [5.41, 5.74) is 2.72. The highest BCUT2D eigenvalue weighted by molar-refractivity contribution is 6.10. The Morgan fingerprint density at radius 1 is 1.14 bits per heavy atom. The van der Waals surface area contributed by atoms with Gasteiger partial charge in [0.05, 0.1) is 18.0 Å². The van der Waals surface area contributed by atoms with E-state index in [1.165, 1.54) is 0 Å². The lowest BCUT2D eigenvalue weighted by atomic mass is 10.0. The number of methoxy groups -OCH3 is 1. The first-order valence-corrected chi connectivity index (χ1v) is 6.83. The number of nitrogens with one attached hydrogen (secondary N) is 1. The highest BCUT2D eigenvalue weighted by Crippen LogP contribution is 2.31. The van der Waals surface area contributed by atoms with Crippen LogP contribution in [-0.4, -0.2) is 26.2 Å². The molecule has 2 aromatic carbocycles. The van der Waals surface area contributed by atoms with Crippen molar-refractivity contribution in [2.45, 2.75) is 6.92 Å². The molecule has 4 nitrogen and oxygen atoms in total. The van der Waals surface area contributed by atoms with Gasteiger partial charge in [0, 0.05) is 25.2 Å². The van der Waals surface area contributed by atoms with E-state index in [0.29, 0.717) is 5.39 Å². The lowest BCUT2D eigenvalue weighted by Crippen LogP contribution is -2.15. The van der Waals surface area contributed by atoms with Crippen LogP contribution >= 0.6 is 0 Å². The number of ether oxygens (including phenoxy) is 1. The van der Waals surface area contributed by atoms with E-state index in [-0.39, 0.29) is 5.56 Å².